The summed E-state index contributed by atoms with van der Waals surface area (Å²) >= 11 is 0. The van der Waals surface area contributed by atoms with E-state index in [-0.39, 0.29) is 0 Å². The molecule has 90 valence electrons. The highest BCUT2D eigenvalue weighted by molar-refractivity contribution is 5.92. The van der Waals surface area contributed by atoms with Gasteiger partial charge in [0.15, 0.2) is 0 Å². The van der Waals surface area contributed by atoms with E-state index in [1.54, 1.807) is 0 Å². The molecule has 0 unspecified atom stereocenters. The normalized spacial score (nSPS) is 10.5. The van der Waals surface area contributed by atoms with Gasteiger partial charge in [0.05, 0.1) is 12.1 Å². The largest absolute Gasteiger partial charge is 0.494 e. The first-order valence-corrected chi connectivity index (χ1v) is 6.02. The van der Waals surface area contributed by atoms with Crippen LogP contribution in [-0.2, 0) is 6.42 Å². The molecule has 0 aliphatic rings. The number of rotatable bonds is 4. The summed E-state index contributed by atoms with van der Waals surface area (Å²) < 4.78 is 5.51. The van der Waals surface area contributed by atoms with Crippen molar-refractivity contribution in [2.75, 3.05) is 19.0 Å². The molecule has 0 saturated carbocycles. The highest BCUT2D eigenvalue weighted by Crippen LogP contribution is 2.27. The van der Waals surface area contributed by atoms with Crippen LogP contribution in [0.25, 0.3) is 10.9 Å². The smallest absolute Gasteiger partial charge is 0.120 e. The van der Waals surface area contributed by atoms with Crippen LogP contribution in [0.5, 0.6) is 5.75 Å². The molecule has 0 aliphatic carbocycles. The van der Waals surface area contributed by atoms with Crippen molar-refractivity contribution < 1.29 is 4.74 Å². The molecule has 3 nitrogen and oxygen atoms in total. The van der Waals surface area contributed by atoms with Gasteiger partial charge in [0, 0.05) is 23.8 Å². The molecule has 1 heterocycles. The van der Waals surface area contributed by atoms with Gasteiger partial charge in [-0.1, -0.05) is 6.92 Å². The molecular formula is C14H18N2O. The molecule has 1 aromatic heterocycles. The summed E-state index contributed by atoms with van der Waals surface area (Å²) in [5.74, 6) is 0.891. The van der Waals surface area contributed by atoms with Gasteiger partial charge in [0.25, 0.3) is 0 Å². The Labute approximate surface area is 102 Å². The molecule has 3 heteroatoms. The average molecular weight is 230 g/mol. The number of fused-ring (bicyclic) bond motifs is 1. The molecule has 2 rings (SSSR count). The summed E-state index contributed by atoms with van der Waals surface area (Å²) in [6, 6.07) is 8.12. The van der Waals surface area contributed by atoms with Gasteiger partial charge in [-0.25, -0.2) is 0 Å². The van der Waals surface area contributed by atoms with Crippen LogP contribution in [0.2, 0.25) is 0 Å². The Balaban J connectivity index is 2.59. The van der Waals surface area contributed by atoms with Gasteiger partial charge in [-0.2, -0.15) is 0 Å². The zero-order valence-electron chi connectivity index (χ0n) is 10.6. The van der Waals surface area contributed by atoms with Crippen LogP contribution in [-0.4, -0.2) is 18.6 Å². The molecule has 0 atom stereocenters. The monoisotopic (exact) mass is 230 g/mol. The van der Waals surface area contributed by atoms with E-state index in [2.05, 4.69) is 23.3 Å². The molecule has 0 radical (unpaired) electrons. The second kappa shape index (κ2) is 5.04. The third kappa shape index (κ3) is 2.33. The quantitative estimate of drug-likeness (QED) is 0.875. The van der Waals surface area contributed by atoms with E-state index in [1.165, 1.54) is 0 Å². The first-order valence-electron chi connectivity index (χ1n) is 6.02. The lowest BCUT2D eigenvalue weighted by Crippen LogP contribution is -1.97. The standard InChI is InChI=1S/C14H18N2O/c1-4-10-8-14(15-3)12-9-11(17-5-2)6-7-13(12)16-10/h6-9H,4-5H2,1-3H3,(H,15,16). The van der Waals surface area contributed by atoms with Gasteiger partial charge in [-0.05, 0) is 37.6 Å². The molecule has 0 fully saturated rings. The third-order valence-corrected chi connectivity index (χ3v) is 2.78. The molecule has 1 N–H and O–H groups in total. The van der Waals surface area contributed by atoms with Gasteiger partial charge in [-0.3, -0.25) is 4.98 Å². The number of hydrogen-bond donors (Lipinski definition) is 1. The molecule has 0 saturated heterocycles. The van der Waals surface area contributed by atoms with Gasteiger partial charge in [0.2, 0.25) is 0 Å². The molecule has 0 aliphatic heterocycles. The minimum Gasteiger partial charge on any atom is -0.494 e. The lowest BCUT2D eigenvalue weighted by Gasteiger charge is -2.10. The lowest BCUT2D eigenvalue weighted by atomic mass is 10.1. The van der Waals surface area contributed by atoms with E-state index < -0.39 is 0 Å². The fourth-order valence-electron chi connectivity index (χ4n) is 1.90. The zero-order valence-corrected chi connectivity index (χ0v) is 10.6. The number of aromatic nitrogens is 1. The highest BCUT2D eigenvalue weighted by atomic mass is 16.5. The second-order valence-electron chi connectivity index (χ2n) is 3.88. The van der Waals surface area contributed by atoms with Crippen LogP contribution in [0.15, 0.2) is 24.3 Å². The van der Waals surface area contributed by atoms with Crippen molar-refractivity contribution in [2.45, 2.75) is 20.3 Å². The molecule has 0 bridgehead atoms. The first-order chi connectivity index (χ1) is 8.28. The van der Waals surface area contributed by atoms with Crippen molar-refractivity contribution in [1.82, 2.24) is 4.98 Å². The molecule has 17 heavy (non-hydrogen) atoms. The minimum absolute atomic E-state index is 0.681. The Bertz CT molecular complexity index is 523. The molecule has 2 aromatic rings. The molecule has 1 aromatic carbocycles. The predicted molar refractivity (Wildman–Crippen MR) is 71.8 cm³/mol. The third-order valence-electron chi connectivity index (χ3n) is 2.78. The molecular weight excluding hydrogens is 212 g/mol. The molecule has 0 spiro atoms. The van der Waals surface area contributed by atoms with Gasteiger partial charge in [0.1, 0.15) is 5.75 Å². The van der Waals surface area contributed by atoms with Crippen LogP contribution in [0.3, 0.4) is 0 Å². The Hall–Kier alpha value is -1.77. The van der Waals surface area contributed by atoms with Gasteiger partial charge < -0.3 is 10.1 Å². The van der Waals surface area contributed by atoms with E-state index >= 15 is 0 Å². The maximum Gasteiger partial charge on any atom is 0.120 e. The van der Waals surface area contributed by atoms with E-state index in [0.29, 0.717) is 6.61 Å². The van der Waals surface area contributed by atoms with Crippen LogP contribution in [0.4, 0.5) is 5.69 Å². The lowest BCUT2D eigenvalue weighted by molar-refractivity contribution is 0.340. The van der Waals surface area contributed by atoms with Crippen molar-refractivity contribution in [3.63, 3.8) is 0 Å². The van der Waals surface area contributed by atoms with Crippen molar-refractivity contribution in [1.29, 1.82) is 0 Å². The maximum atomic E-state index is 5.51. The summed E-state index contributed by atoms with van der Waals surface area (Å²) in [6.45, 7) is 4.78. The van der Waals surface area contributed by atoms with E-state index in [1.807, 2.05) is 32.2 Å². The van der Waals surface area contributed by atoms with E-state index in [0.717, 1.165) is 34.5 Å². The van der Waals surface area contributed by atoms with Gasteiger partial charge in [-0.15, -0.1) is 0 Å². The number of hydrogen-bond acceptors (Lipinski definition) is 3. The fraction of sp³-hybridized carbons (Fsp3) is 0.357. The number of aryl methyl sites for hydroxylation is 1. The SMILES string of the molecule is CCOc1ccc2nc(CC)cc(NC)c2c1. The predicted octanol–water partition coefficient (Wildman–Crippen LogP) is 3.24. The van der Waals surface area contributed by atoms with Crippen LogP contribution in [0, 0.1) is 0 Å². The van der Waals surface area contributed by atoms with Crippen LogP contribution < -0.4 is 10.1 Å². The number of anilines is 1. The van der Waals surface area contributed by atoms with Crippen LogP contribution >= 0.6 is 0 Å². The van der Waals surface area contributed by atoms with Crippen molar-refractivity contribution in [3.05, 3.63) is 30.0 Å². The number of ether oxygens (including phenoxy) is 1. The van der Waals surface area contributed by atoms with E-state index in [9.17, 15) is 0 Å². The highest BCUT2D eigenvalue weighted by Gasteiger charge is 2.05. The number of benzene rings is 1. The Kier molecular flexibility index (Phi) is 3.47. The summed E-state index contributed by atoms with van der Waals surface area (Å²) in [4.78, 5) is 4.61. The second-order valence-corrected chi connectivity index (χ2v) is 3.88. The van der Waals surface area contributed by atoms with Crippen molar-refractivity contribution in [2.24, 2.45) is 0 Å². The summed E-state index contributed by atoms with van der Waals surface area (Å²) in [5.41, 5.74) is 3.22. The van der Waals surface area contributed by atoms with E-state index in [4.69, 9.17) is 4.74 Å². The molecule has 0 amide bonds. The Morgan fingerprint density at radius 2 is 2.06 bits per heavy atom. The number of nitrogens with zero attached hydrogens (tertiary/aromatic N) is 1. The Morgan fingerprint density at radius 3 is 2.71 bits per heavy atom. The average Bonchev–Trinajstić information content (AvgIpc) is 2.37. The summed E-state index contributed by atoms with van der Waals surface area (Å²) in [5, 5.41) is 4.33. The Morgan fingerprint density at radius 1 is 1.24 bits per heavy atom. The zero-order chi connectivity index (χ0) is 12.3. The number of nitrogens with one attached hydrogen (secondary N) is 1. The summed E-state index contributed by atoms with van der Waals surface area (Å²) in [7, 11) is 1.93. The van der Waals surface area contributed by atoms with Crippen molar-refractivity contribution in [3.8, 4) is 5.75 Å². The minimum atomic E-state index is 0.681. The first kappa shape index (κ1) is 11.7. The maximum absolute atomic E-state index is 5.51. The topological polar surface area (TPSA) is 34.1 Å². The van der Waals surface area contributed by atoms with Crippen molar-refractivity contribution >= 4 is 16.6 Å². The van der Waals surface area contributed by atoms with Crippen LogP contribution in [0.1, 0.15) is 19.5 Å². The number of pyridine rings is 1. The van der Waals surface area contributed by atoms with Gasteiger partial charge >= 0.3 is 0 Å². The summed E-state index contributed by atoms with van der Waals surface area (Å²) in [6.07, 6.45) is 0.942. The fourth-order valence-corrected chi connectivity index (χ4v) is 1.90.